The Labute approximate surface area is 205 Å². The first-order valence-electron chi connectivity index (χ1n) is 12.6. The maximum absolute atomic E-state index is 6.16. The Bertz CT molecular complexity index is 967. The topological polar surface area (TPSA) is 53.7 Å². The molecular formula is C30H39NO3. The van der Waals surface area contributed by atoms with Crippen LogP contribution in [0.5, 0.6) is 17.2 Å². The van der Waals surface area contributed by atoms with E-state index in [-0.39, 0.29) is 0 Å². The molecule has 0 aliphatic rings. The molecular weight excluding hydrogens is 422 g/mol. The number of benzene rings is 3. The van der Waals surface area contributed by atoms with Gasteiger partial charge in [-0.15, -0.1) is 0 Å². The zero-order chi connectivity index (χ0) is 24.0. The number of rotatable bonds is 15. The largest absolute Gasteiger partial charge is 0.497 e. The summed E-state index contributed by atoms with van der Waals surface area (Å²) in [6.45, 7) is 4.43. The fraction of sp³-hybridized carbons (Fsp3) is 0.400. The molecule has 0 saturated carbocycles. The lowest BCUT2D eigenvalue weighted by Crippen LogP contribution is -2.01. The maximum atomic E-state index is 6.16. The number of unbranched alkanes of at least 4 members (excludes halogenated alkanes) is 5. The highest BCUT2D eigenvalue weighted by Crippen LogP contribution is 2.35. The summed E-state index contributed by atoms with van der Waals surface area (Å²) in [6.07, 6.45) is 7.90. The minimum atomic E-state index is 0.690. The third-order valence-corrected chi connectivity index (χ3v) is 5.94. The van der Waals surface area contributed by atoms with E-state index >= 15 is 0 Å². The molecule has 0 bridgehead atoms. The van der Waals surface area contributed by atoms with Crippen LogP contribution in [0.1, 0.15) is 51.9 Å². The lowest BCUT2D eigenvalue weighted by Gasteiger charge is -2.14. The zero-order valence-electron chi connectivity index (χ0n) is 20.7. The minimum Gasteiger partial charge on any atom is -0.497 e. The quantitative estimate of drug-likeness (QED) is 0.238. The van der Waals surface area contributed by atoms with E-state index in [1.165, 1.54) is 24.0 Å². The van der Waals surface area contributed by atoms with E-state index in [0.717, 1.165) is 73.6 Å². The molecule has 182 valence electrons. The van der Waals surface area contributed by atoms with Crippen molar-refractivity contribution < 1.29 is 14.2 Å². The smallest absolute Gasteiger partial charge is 0.130 e. The van der Waals surface area contributed by atoms with Gasteiger partial charge in [0, 0.05) is 11.6 Å². The number of hydrogen-bond donors (Lipinski definition) is 1. The SMILES string of the molecule is CCCCCOc1ccc(-c2ccc(-c3ccc(OC)cc3OCCCCCCN)cc2)cc1. The van der Waals surface area contributed by atoms with Crippen molar-refractivity contribution in [2.75, 3.05) is 26.9 Å². The van der Waals surface area contributed by atoms with E-state index in [1.807, 2.05) is 12.1 Å². The van der Waals surface area contributed by atoms with Crippen LogP contribution < -0.4 is 19.9 Å². The van der Waals surface area contributed by atoms with Gasteiger partial charge in [0.15, 0.2) is 0 Å². The lowest BCUT2D eigenvalue weighted by molar-refractivity contribution is 0.303. The highest BCUT2D eigenvalue weighted by molar-refractivity contribution is 5.75. The second-order valence-corrected chi connectivity index (χ2v) is 8.57. The molecule has 0 unspecified atom stereocenters. The van der Waals surface area contributed by atoms with Gasteiger partial charge in [0.2, 0.25) is 0 Å². The third-order valence-electron chi connectivity index (χ3n) is 5.94. The minimum absolute atomic E-state index is 0.690. The van der Waals surface area contributed by atoms with Gasteiger partial charge in [-0.05, 0) is 66.8 Å². The second-order valence-electron chi connectivity index (χ2n) is 8.57. The number of hydrogen-bond acceptors (Lipinski definition) is 4. The van der Waals surface area contributed by atoms with Gasteiger partial charge in [-0.1, -0.05) is 69.0 Å². The van der Waals surface area contributed by atoms with Crippen LogP contribution in [0.25, 0.3) is 22.3 Å². The first-order valence-corrected chi connectivity index (χ1v) is 12.6. The molecule has 0 fully saturated rings. The van der Waals surface area contributed by atoms with E-state index in [9.17, 15) is 0 Å². The highest BCUT2D eigenvalue weighted by atomic mass is 16.5. The van der Waals surface area contributed by atoms with E-state index in [2.05, 4.69) is 61.5 Å². The van der Waals surface area contributed by atoms with Gasteiger partial charge in [-0.3, -0.25) is 0 Å². The normalized spacial score (nSPS) is 10.8. The molecule has 0 aliphatic heterocycles. The molecule has 2 N–H and O–H groups in total. The molecule has 0 spiro atoms. The standard InChI is InChI=1S/C30H39NO3/c1-3-4-8-21-33-27-16-14-25(15-17-27)24-10-12-26(13-11-24)29-19-18-28(32-2)23-30(29)34-22-9-6-5-7-20-31/h10-19,23H,3-9,20-22,31H2,1-2H3. The van der Waals surface area contributed by atoms with Crippen LogP contribution in [0.15, 0.2) is 66.7 Å². The first kappa shape index (κ1) is 25.6. The Morgan fingerprint density at radius 3 is 1.88 bits per heavy atom. The van der Waals surface area contributed by atoms with Crippen LogP contribution >= 0.6 is 0 Å². The van der Waals surface area contributed by atoms with Crippen molar-refractivity contribution in [1.29, 1.82) is 0 Å². The Hall–Kier alpha value is -2.98. The van der Waals surface area contributed by atoms with Crippen LogP contribution in [0.3, 0.4) is 0 Å². The van der Waals surface area contributed by atoms with Crippen molar-refractivity contribution in [1.82, 2.24) is 0 Å². The summed E-state index contributed by atoms with van der Waals surface area (Å²) in [5, 5.41) is 0. The number of ether oxygens (including phenoxy) is 3. The van der Waals surface area contributed by atoms with Crippen LogP contribution in [-0.4, -0.2) is 26.9 Å². The van der Waals surface area contributed by atoms with Crippen molar-refractivity contribution in [2.24, 2.45) is 5.73 Å². The third kappa shape index (κ3) is 7.81. The Balaban J connectivity index is 1.66. The summed E-state index contributed by atoms with van der Waals surface area (Å²) in [5.74, 6) is 2.59. The molecule has 4 heteroatoms. The molecule has 3 aromatic rings. The van der Waals surface area contributed by atoms with Crippen molar-refractivity contribution in [2.45, 2.75) is 51.9 Å². The molecule has 3 aromatic carbocycles. The van der Waals surface area contributed by atoms with Crippen molar-refractivity contribution in [3.8, 4) is 39.5 Å². The zero-order valence-corrected chi connectivity index (χ0v) is 20.7. The fourth-order valence-corrected chi connectivity index (χ4v) is 3.90. The number of nitrogens with two attached hydrogens (primary N) is 1. The van der Waals surface area contributed by atoms with E-state index in [1.54, 1.807) is 7.11 Å². The van der Waals surface area contributed by atoms with Gasteiger partial charge in [0.25, 0.3) is 0 Å². The van der Waals surface area contributed by atoms with Crippen molar-refractivity contribution in [3.63, 3.8) is 0 Å². The molecule has 3 rings (SSSR count). The summed E-state index contributed by atoms with van der Waals surface area (Å²) in [7, 11) is 1.68. The first-order chi connectivity index (χ1) is 16.7. The predicted molar refractivity (Wildman–Crippen MR) is 142 cm³/mol. The Morgan fingerprint density at radius 1 is 0.618 bits per heavy atom. The summed E-state index contributed by atoms with van der Waals surface area (Å²) < 4.78 is 17.4. The van der Waals surface area contributed by atoms with Crippen LogP contribution in [-0.2, 0) is 0 Å². The molecule has 34 heavy (non-hydrogen) atoms. The average Bonchev–Trinajstić information content (AvgIpc) is 2.89. The summed E-state index contributed by atoms with van der Waals surface area (Å²) >= 11 is 0. The van der Waals surface area contributed by atoms with Gasteiger partial charge in [0.05, 0.1) is 20.3 Å². The molecule has 0 aromatic heterocycles. The van der Waals surface area contributed by atoms with Gasteiger partial charge >= 0.3 is 0 Å². The van der Waals surface area contributed by atoms with Gasteiger partial charge in [0.1, 0.15) is 17.2 Å². The van der Waals surface area contributed by atoms with Crippen molar-refractivity contribution >= 4 is 0 Å². The maximum Gasteiger partial charge on any atom is 0.130 e. The molecule has 0 saturated heterocycles. The molecule has 4 nitrogen and oxygen atoms in total. The van der Waals surface area contributed by atoms with E-state index in [0.29, 0.717) is 6.61 Å². The van der Waals surface area contributed by atoms with Gasteiger partial charge in [-0.2, -0.15) is 0 Å². The summed E-state index contributed by atoms with van der Waals surface area (Å²) in [6, 6.07) is 23.0. The summed E-state index contributed by atoms with van der Waals surface area (Å²) in [4.78, 5) is 0. The van der Waals surface area contributed by atoms with E-state index < -0.39 is 0 Å². The molecule has 0 amide bonds. The van der Waals surface area contributed by atoms with E-state index in [4.69, 9.17) is 19.9 Å². The predicted octanol–water partition coefficient (Wildman–Crippen LogP) is 7.50. The lowest BCUT2D eigenvalue weighted by atomic mass is 9.99. The van der Waals surface area contributed by atoms with Crippen molar-refractivity contribution in [3.05, 3.63) is 66.7 Å². The number of methoxy groups -OCH3 is 1. The highest BCUT2D eigenvalue weighted by Gasteiger charge is 2.09. The van der Waals surface area contributed by atoms with Crippen LogP contribution in [0.2, 0.25) is 0 Å². The van der Waals surface area contributed by atoms with Crippen LogP contribution in [0.4, 0.5) is 0 Å². The Kier molecular flexibility index (Phi) is 10.8. The average molecular weight is 462 g/mol. The molecule has 0 heterocycles. The summed E-state index contributed by atoms with van der Waals surface area (Å²) in [5.41, 5.74) is 10.1. The van der Waals surface area contributed by atoms with Gasteiger partial charge < -0.3 is 19.9 Å². The van der Waals surface area contributed by atoms with Gasteiger partial charge in [-0.25, -0.2) is 0 Å². The fourth-order valence-electron chi connectivity index (χ4n) is 3.90. The molecule has 0 radical (unpaired) electrons. The second kappa shape index (κ2) is 14.3. The molecule has 0 aliphatic carbocycles. The monoisotopic (exact) mass is 461 g/mol. The van der Waals surface area contributed by atoms with Crippen LogP contribution in [0, 0.1) is 0 Å². The molecule has 0 atom stereocenters. The Morgan fingerprint density at radius 2 is 1.21 bits per heavy atom.